The van der Waals surface area contributed by atoms with E-state index in [1.54, 1.807) is 7.11 Å². The number of hydrogen-bond acceptors (Lipinski definition) is 3. The Kier molecular flexibility index (Phi) is 4.56. The number of fused-ring (bicyclic) bond motifs is 1. The summed E-state index contributed by atoms with van der Waals surface area (Å²) in [6.45, 7) is 2.93. The number of methoxy groups -OCH3 is 1. The van der Waals surface area contributed by atoms with Crippen LogP contribution in [-0.4, -0.2) is 29.5 Å². The molecule has 0 saturated carbocycles. The van der Waals surface area contributed by atoms with E-state index in [0.717, 1.165) is 30.7 Å². The standard InChI is InChI=1S/C15H23N3O/c1-11(10-19-3)8-12(16)9-14-13-6-4-5-7-15(13)18(2)17-14/h4-7,11-12H,8-10,16H2,1-3H3. The summed E-state index contributed by atoms with van der Waals surface area (Å²) in [5, 5.41) is 5.80. The smallest absolute Gasteiger partial charge is 0.0718 e. The summed E-state index contributed by atoms with van der Waals surface area (Å²) in [5.74, 6) is 0.481. The Morgan fingerprint density at radius 3 is 2.84 bits per heavy atom. The lowest BCUT2D eigenvalue weighted by atomic mass is 9.98. The van der Waals surface area contributed by atoms with Crippen molar-refractivity contribution in [1.29, 1.82) is 0 Å². The molecule has 0 fully saturated rings. The highest BCUT2D eigenvalue weighted by molar-refractivity contribution is 5.81. The van der Waals surface area contributed by atoms with Crippen molar-refractivity contribution in [2.24, 2.45) is 18.7 Å². The third-order valence-corrected chi connectivity index (χ3v) is 3.45. The van der Waals surface area contributed by atoms with Crippen LogP contribution in [0.3, 0.4) is 0 Å². The highest BCUT2D eigenvalue weighted by Gasteiger charge is 2.14. The number of ether oxygens (including phenoxy) is 1. The van der Waals surface area contributed by atoms with Crippen LogP contribution in [0.5, 0.6) is 0 Å². The summed E-state index contributed by atoms with van der Waals surface area (Å²) >= 11 is 0. The van der Waals surface area contributed by atoms with Gasteiger partial charge in [-0.05, 0) is 18.4 Å². The van der Waals surface area contributed by atoms with E-state index in [0.29, 0.717) is 5.92 Å². The number of para-hydroxylation sites is 1. The summed E-state index contributed by atoms with van der Waals surface area (Å²) in [6, 6.07) is 8.41. The second kappa shape index (κ2) is 6.17. The van der Waals surface area contributed by atoms with Gasteiger partial charge in [-0.25, -0.2) is 0 Å². The van der Waals surface area contributed by atoms with E-state index in [2.05, 4.69) is 24.2 Å². The molecule has 0 aliphatic carbocycles. The molecular formula is C15H23N3O. The quantitative estimate of drug-likeness (QED) is 0.866. The third kappa shape index (κ3) is 3.33. The van der Waals surface area contributed by atoms with Crippen LogP contribution in [0, 0.1) is 5.92 Å². The van der Waals surface area contributed by atoms with E-state index in [9.17, 15) is 0 Å². The summed E-state index contributed by atoms with van der Waals surface area (Å²) < 4.78 is 7.08. The molecule has 0 bridgehead atoms. The molecule has 4 nitrogen and oxygen atoms in total. The van der Waals surface area contributed by atoms with Crippen LogP contribution in [0.2, 0.25) is 0 Å². The number of aryl methyl sites for hydroxylation is 1. The van der Waals surface area contributed by atoms with Crippen molar-refractivity contribution >= 4 is 10.9 Å². The monoisotopic (exact) mass is 261 g/mol. The number of aromatic nitrogens is 2. The van der Waals surface area contributed by atoms with Gasteiger partial charge in [0.25, 0.3) is 0 Å². The van der Waals surface area contributed by atoms with Crippen LogP contribution in [0.1, 0.15) is 19.0 Å². The number of rotatable bonds is 6. The van der Waals surface area contributed by atoms with Crippen LogP contribution in [-0.2, 0) is 18.2 Å². The molecule has 2 rings (SSSR count). The summed E-state index contributed by atoms with van der Waals surface area (Å²) in [5.41, 5.74) is 8.49. The molecule has 0 aliphatic rings. The topological polar surface area (TPSA) is 53.1 Å². The molecule has 2 aromatic rings. The Hall–Kier alpha value is -1.39. The second-order valence-electron chi connectivity index (χ2n) is 5.35. The first-order valence-corrected chi connectivity index (χ1v) is 6.77. The maximum absolute atomic E-state index is 6.23. The number of nitrogens with two attached hydrogens (primary N) is 1. The van der Waals surface area contributed by atoms with Crippen LogP contribution in [0.15, 0.2) is 24.3 Å². The van der Waals surface area contributed by atoms with Gasteiger partial charge in [-0.3, -0.25) is 4.68 Å². The molecule has 0 aliphatic heterocycles. The molecule has 0 amide bonds. The minimum Gasteiger partial charge on any atom is -0.384 e. The first kappa shape index (κ1) is 14.0. The van der Waals surface area contributed by atoms with Crippen molar-refractivity contribution in [3.05, 3.63) is 30.0 Å². The van der Waals surface area contributed by atoms with Crippen molar-refractivity contribution in [2.45, 2.75) is 25.8 Å². The molecule has 104 valence electrons. The first-order chi connectivity index (χ1) is 9.11. The van der Waals surface area contributed by atoms with E-state index < -0.39 is 0 Å². The highest BCUT2D eigenvalue weighted by atomic mass is 16.5. The molecule has 0 saturated heterocycles. The average molecular weight is 261 g/mol. The molecule has 19 heavy (non-hydrogen) atoms. The molecule has 2 N–H and O–H groups in total. The molecule has 2 atom stereocenters. The number of benzene rings is 1. The van der Waals surface area contributed by atoms with E-state index in [1.165, 1.54) is 5.39 Å². The van der Waals surface area contributed by atoms with Gasteiger partial charge in [0.15, 0.2) is 0 Å². The Labute approximate surface area is 114 Å². The lowest BCUT2D eigenvalue weighted by Gasteiger charge is -2.15. The molecular weight excluding hydrogens is 238 g/mol. The van der Waals surface area contributed by atoms with E-state index >= 15 is 0 Å². The summed E-state index contributed by atoms with van der Waals surface area (Å²) in [4.78, 5) is 0. The van der Waals surface area contributed by atoms with E-state index in [1.807, 2.05) is 23.9 Å². The fourth-order valence-electron chi connectivity index (χ4n) is 2.64. The Bertz CT molecular complexity index is 535. The molecule has 1 aromatic heterocycles. The normalized spacial score (nSPS) is 14.7. The largest absolute Gasteiger partial charge is 0.384 e. The van der Waals surface area contributed by atoms with Crippen LogP contribution < -0.4 is 5.73 Å². The van der Waals surface area contributed by atoms with Gasteiger partial charge in [-0.15, -0.1) is 0 Å². The SMILES string of the molecule is COCC(C)CC(N)Cc1nn(C)c2ccccc12. The molecule has 2 unspecified atom stereocenters. The predicted octanol–water partition coefficient (Wildman–Crippen LogP) is 2.12. The lowest BCUT2D eigenvalue weighted by molar-refractivity contribution is 0.152. The van der Waals surface area contributed by atoms with Gasteiger partial charge in [0.1, 0.15) is 0 Å². The Morgan fingerprint density at radius 1 is 1.37 bits per heavy atom. The molecule has 1 aromatic carbocycles. The van der Waals surface area contributed by atoms with Gasteiger partial charge in [-0.1, -0.05) is 25.1 Å². The minimum absolute atomic E-state index is 0.128. The van der Waals surface area contributed by atoms with Crippen LogP contribution >= 0.6 is 0 Å². The third-order valence-electron chi connectivity index (χ3n) is 3.45. The highest BCUT2D eigenvalue weighted by Crippen LogP contribution is 2.19. The van der Waals surface area contributed by atoms with Crippen LogP contribution in [0.4, 0.5) is 0 Å². The summed E-state index contributed by atoms with van der Waals surface area (Å²) in [7, 11) is 3.71. The van der Waals surface area contributed by atoms with Gasteiger partial charge >= 0.3 is 0 Å². The zero-order valence-corrected chi connectivity index (χ0v) is 12.0. The maximum Gasteiger partial charge on any atom is 0.0718 e. The van der Waals surface area contributed by atoms with Gasteiger partial charge in [0, 0.05) is 38.6 Å². The fourth-order valence-corrected chi connectivity index (χ4v) is 2.64. The van der Waals surface area contributed by atoms with E-state index in [-0.39, 0.29) is 6.04 Å². The summed E-state index contributed by atoms with van der Waals surface area (Å²) in [6.07, 6.45) is 1.77. The predicted molar refractivity (Wildman–Crippen MR) is 78.1 cm³/mol. The zero-order chi connectivity index (χ0) is 13.8. The second-order valence-corrected chi connectivity index (χ2v) is 5.35. The first-order valence-electron chi connectivity index (χ1n) is 6.77. The van der Waals surface area contributed by atoms with Crippen molar-refractivity contribution in [3.63, 3.8) is 0 Å². The zero-order valence-electron chi connectivity index (χ0n) is 12.0. The maximum atomic E-state index is 6.23. The Balaban J connectivity index is 2.09. The Morgan fingerprint density at radius 2 is 2.11 bits per heavy atom. The number of nitrogens with zero attached hydrogens (tertiary/aromatic N) is 2. The van der Waals surface area contributed by atoms with E-state index in [4.69, 9.17) is 10.5 Å². The molecule has 0 radical (unpaired) electrons. The van der Waals surface area contributed by atoms with Crippen LogP contribution in [0.25, 0.3) is 10.9 Å². The molecule has 0 spiro atoms. The minimum atomic E-state index is 0.128. The lowest BCUT2D eigenvalue weighted by Crippen LogP contribution is -2.27. The van der Waals surface area contributed by atoms with Crippen molar-refractivity contribution < 1.29 is 4.74 Å². The molecule has 1 heterocycles. The van der Waals surface area contributed by atoms with Crippen molar-refractivity contribution in [3.8, 4) is 0 Å². The average Bonchev–Trinajstić information content (AvgIpc) is 2.67. The van der Waals surface area contributed by atoms with Gasteiger partial charge in [0.2, 0.25) is 0 Å². The van der Waals surface area contributed by atoms with Gasteiger partial charge < -0.3 is 10.5 Å². The fraction of sp³-hybridized carbons (Fsp3) is 0.533. The van der Waals surface area contributed by atoms with Crippen molar-refractivity contribution in [1.82, 2.24) is 9.78 Å². The van der Waals surface area contributed by atoms with Gasteiger partial charge in [0.05, 0.1) is 11.2 Å². The van der Waals surface area contributed by atoms with Crippen molar-refractivity contribution in [2.75, 3.05) is 13.7 Å². The van der Waals surface area contributed by atoms with Gasteiger partial charge in [-0.2, -0.15) is 5.10 Å². The number of hydrogen-bond donors (Lipinski definition) is 1. The molecule has 4 heteroatoms.